The van der Waals surface area contributed by atoms with Gasteiger partial charge in [0.25, 0.3) is 5.91 Å². The van der Waals surface area contributed by atoms with E-state index in [9.17, 15) is 4.79 Å². The van der Waals surface area contributed by atoms with Gasteiger partial charge in [-0.05, 0) is 75.7 Å². The maximum Gasteiger partial charge on any atom is 0.274 e. The number of hydrogen-bond acceptors (Lipinski definition) is 5. The summed E-state index contributed by atoms with van der Waals surface area (Å²) < 4.78 is 5.62. The highest BCUT2D eigenvalue weighted by molar-refractivity contribution is 6.03. The molecule has 0 saturated carbocycles. The van der Waals surface area contributed by atoms with E-state index in [0.29, 0.717) is 23.9 Å². The van der Waals surface area contributed by atoms with Crippen LogP contribution in [0.2, 0.25) is 0 Å². The van der Waals surface area contributed by atoms with Gasteiger partial charge in [0.05, 0.1) is 6.10 Å². The fourth-order valence-corrected chi connectivity index (χ4v) is 2.92. The average Bonchev–Trinajstić information content (AvgIpc) is 2.70. The summed E-state index contributed by atoms with van der Waals surface area (Å²) >= 11 is 0. The Balaban J connectivity index is 1.76. The second kappa shape index (κ2) is 9.19. The smallest absolute Gasteiger partial charge is 0.274 e. The van der Waals surface area contributed by atoms with Gasteiger partial charge in [0, 0.05) is 24.1 Å². The molecule has 0 fully saturated rings. The highest BCUT2D eigenvalue weighted by Gasteiger charge is 2.14. The number of aryl methyl sites for hydroxylation is 1. The van der Waals surface area contributed by atoms with Gasteiger partial charge in [-0.3, -0.25) is 4.79 Å². The Kier molecular flexibility index (Phi) is 6.44. The van der Waals surface area contributed by atoms with E-state index in [1.54, 1.807) is 12.3 Å². The molecule has 0 spiro atoms. The van der Waals surface area contributed by atoms with Gasteiger partial charge >= 0.3 is 0 Å². The molecule has 2 aromatic carbocycles. The Labute approximate surface area is 171 Å². The van der Waals surface area contributed by atoms with Crippen LogP contribution in [0.3, 0.4) is 0 Å². The van der Waals surface area contributed by atoms with Crippen molar-refractivity contribution in [1.29, 1.82) is 0 Å². The number of amides is 1. The maximum atomic E-state index is 12.7. The Bertz CT molecular complexity index is 971. The normalized spacial score (nSPS) is 10.7. The molecule has 3 aromatic rings. The first-order valence-corrected chi connectivity index (χ1v) is 9.71. The van der Waals surface area contributed by atoms with Crippen molar-refractivity contribution in [3.05, 3.63) is 72.1 Å². The first-order valence-electron chi connectivity index (χ1n) is 9.71. The van der Waals surface area contributed by atoms with Crippen molar-refractivity contribution in [3.63, 3.8) is 0 Å². The predicted molar refractivity (Wildman–Crippen MR) is 116 cm³/mol. The van der Waals surface area contributed by atoms with Gasteiger partial charge in [0.15, 0.2) is 0 Å². The molecule has 150 valence electrons. The van der Waals surface area contributed by atoms with Gasteiger partial charge in [0.2, 0.25) is 5.95 Å². The summed E-state index contributed by atoms with van der Waals surface area (Å²) in [6.45, 7) is 8.70. The lowest BCUT2D eigenvalue weighted by Gasteiger charge is -2.21. The molecule has 0 aliphatic carbocycles. The Morgan fingerprint density at radius 1 is 1.14 bits per heavy atom. The SMILES string of the molecule is CCN(c1cccc(C)c1)c1nccc(C(=O)Nc2ccc(OC(C)C)cc2)n1. The minimum Gasteiger partial charge on any atom is -0.491 e. The summed E-state index contributed by atoms with van der Waals surface area (Å²) in [5.74, 6) is 0.969. The lowest BCUT2D eigenvalue weighted by molar-refractivity contribution is 0.102. The van der Waals surface area contributed by atoms with E-state index in [1.165, 1.54) is 0 Å². The van der Waals surface area contributed by atoms with Crippen LogP contribution in [0.25, 0.3) is 0 Å². The first kappa shape index (κ1) is 20.3. The lowest BCUT2D eigenvalue weighted by Crippen LogP contribution is -2.21. The van der Waals surface area contributed by atoms with Crippen molar-refractivity contribution in [2.45, 2.75) is 33.8 Å². The van der Waals surface area contributed by atoms with Gasteiger partial charge in [-0.25, -0.2) is 9.97 Å². The fraction of sp³-hybridized carbons (Fsp3) is 0.261. The molecule has 0 aliphatic rings. The molecule has 0 bridgehead atoms. The molecule has 6 heteroatoms. The summed E-state index contributed by atoms with van der Waals surface area (Å²) in [5.41, 5.74) is 3.13. The second-order valence-corrected chi connectivity index (χ2v) is 6.97. The van der Waals surface area contributed by atoms with Crippen LogP contribution in [-0.2, 0) is 0 Å². The molecular weight excluding hydrogens is 364 g/mol. The highest BCUT2D eigenvalue weighted by atomic mass is 16.5. The number of aromatic nitrogens is 2. The quantitative estimate of drug-likeness (QED) is 0.616. The third kappa shape index (κ3) is 5.31. The largest absolute Gasteiger partial charge is 0.491 e. The molecule has 0 unspecified atom stereocenters. The van der Waals surface area contributed by atoms with Gasteiger partial charge in [-0.2, -0.15) is 0 Å². The minimum atomic E-state index is -0.286. The van der Waals surface area contributed by atoms with Crippen LogP contribution in [0.15, 0.2) is 60.8 Å². The Morgan fingerprint density at radius 2 is 1.90 bits per heavy atom. The van der Waals surface area contributed by atoms with E-state index >= 15 is 0 Å². The molecule has 1 heterocycles. The summed E-state index contributed by atoms with van der Waals surface area (Å²) in [5, 5.41) is 2.87. The number of rotatable bonds is 7. The van der Waals surface area contributed by atoms with E-state index < -0.39 is 0 Å². The molecule has 0 atom stereocenters. The van der Waals surface area contributed by atoms with Crippen LogP contribution < -0.4 is 15.0 Å². The number of nitrogens with zero attached hydrogens (tertiary/aromatic N) is 3. The number of ether oxygens (including phenoxy) is 1. The number of nitrogens with one attached hydrogen (secondary N) is 1. The second-order valence-electron chi connectivity index (χ2n) is 6.97. The summed E-state index contributed by atoms with van der Waals surface area (Å²) in [7, 11) is 0. The maximum absolute atomic E-state index is 12.7. The van der Waals surface area contributed by atoms with Crippen molar-refractivity contribution in [1.82, 2.24) is 9.97 Å². The van der Waals surface area contributed by atoms with Crippen molar-refractivity contribution >= 4 is 23.2 Å². The monoisotopic (exact) mass is 390 g/mol. The zero-order chi connectivity index (χ0) is 20.8. The van der Waals surface area contributed by atoms with Crippen molar-refractivity contribution < 1.29 is 9.53 Å². The summed E-state index contributed by atoms with van der Waals surface area (Å²) in [4.78, 5) is 23.5. The lowest BCUT2D eigenvalue weighted by atomic mass is 10.2. The van der Waals surface area contributed by atoms with E-state index in [2.05, 4.69) is 21.4 Å². The molecule has 1 amide bonds. The molecule has 1 aromatic heterocycles. The number of benzene rings is 2. The summed E-state index contributed by atoms with van der Waals surface area (Å²) in [6, 6.07) is 17.0. The molecule has 0 aliphatic heterocycles. The Hall–Kier alpha value is -3.41. The third-order valence-corrected chi connectivity index (χ3v) is 4.23. The van der Waals surface area contributed by atoms with Crippen LogP contribution >= 0.6 is 0 Å². The van der Waals surface area contributed by atoms with E-state index in [1.807, 2.05) is 75.1 Å². The molecular formula is C23H26N4O2. The Morgan fingerprint density at radius 3 is 2.55 bits per heavy atom. The molecule has 3 rings (SSSR count). The van der Waals surface area contributed by atoms with E-state index in [0.717, 1.165) is 17.0 Å². The van der Waals surface area contributed by atoms with Gasteiger partial charge in [-0.1, -0.05) is 12.1 Å². The van der Waals surface area contributed by atoms with Gasteiger partial charge < -0.3 is 15.0 Å². The number of carbonyl (C=O) groups excluding carboxylic acids is 1. The van der Waals surface area contributed by atoms with E-state index in [-0.39, 0.29) is 12.0 Å². The van der Waals surface area contributed by atoms with Crippen molar-refractivity contribution in [2.24, 2.45) is 0 Å². The van der Waals surface area contributed by atoms with Crippen molar-refractivity contribution in [2.75, 3.05) is 16.8 Å². The van der Waals surface area contributed by atoms with Gasteiger partial charge in [-0.15, -0.1) is 0 Å². The number of hydrogen-bond donors (Lipinski definition) is 1. The zero-order valence-electron chi connectivity index (χ0n) is 17.2. The summed E-state index contributed by atoms with van der Waals surface area (Å²) in [6.07, 6.45) is 1.71. The van der Waals surface area contributed by atoms with Gasteiger partial charge in [0.1, 0.15) is 11.4 Å². The third-order valence-electron chi connectivity index (χ3n) is 4.23. The standard InChI is InChI=1S/C23H26N4O2/c1-5-27(19-8-6-7-17(4)15-19)23-24-14-13-21(26-23)22(28)25-18-9-11-20(12-10-18)29-16(2)3/h6-16H,5H2,1-4H3,(H,25,28). The highest BCUT2D eigenvalue weighted by Crippen LogP contribution is 2.23. The molecule has 0 saturated heterocycles. The number of carbonyl (C=O) groups is 1. The van der Waals surface area contributed by atoms with Crippen LogP contribution in [-0.4, -0.2) is 28.5 Å². The fourth-order valence-electron chi connectivity index (χ4n) is 2.92. The molecule has 1 N–H and O–H groups in total. The molecule has 0 radical (unpaired) electrons. The zero-order valence-corrected chi connectivity index (χ0v) is 17.2. The van der Waals surface area contributed by atoms with Crippen LogP contribution in [0.5, 0.6) is 5.75 Å². The molecule has 29 heavy (non-hydrogen) atoms. The average molecular weight is 390 g/mol. The molecule has 6 nitrogen and oxygen atoms in total. The minimum absolute atomic E-state index is 0.102. The predicted octanol–water partition coefficient (Wildman–Crippen LogP) is 4.98. The van der Waals surface area contributed by atoms with Crippen LogP contribution in [0.4, 0.5) is 17.3 Å². The van der Waals surface area contributed by atoms with Crippen LogP contribution in [0.1, 0.15) is 36.8 Å². The topological polar surface area (TPSA) is 67.4 Å². The first-order chi connectivity index (χ1) is 14.0. The van der Waals surface area contributed by atoms with Crippen LogP contribution in [0, 0.1) is 6.92 Å². The number of anilines is 3. The van der Waals surface area contributed by atoms with E-state index in [4.69, 9.17) is 4.74 Å². The van der Waals surface area contributed by atoms with Crippen molar-refractivity contribution in [3.8, 4) is 5.75 Å².